The van der Waals surface area contributed by atoms with Gasteiger partial charge in [-0.2, -0.15) is 0 Å². The van der Waals surface area contributed by atoms with E-state index in [1.54, 1.807) is 0 Å². The number of carbonyl (C=O) groups is 1. The molecule has 0 N–H and O–H groups in total. The highest BCUT2D eigenvalue weighted by atomic mass is 32.2. The Balaban J connectivity index is 2.19. The molecule has 3 rings (SSSR count). The third-order valence-electron chi connectivity index (χ3n) is 3.52. The van der Waals surface area contributed by atoms with Gasteiger partial charge in [-0.25, -0.2) is 8.42 Å². The van der Waals surface area contributed by atoms with Crippen LogP contribution in [-0.4, -0.2) is 19.5 Å². The standard InChI is InChI=1S/C10H10O3S/c11-8-3-4-14(12,13)10-7-2-1-6(5-7)9(8)10/h1-4,6-7,9-10H,5H2/t6-,7-,9+,10-/m0/s1. The summed E-state index contributed by atoms with van der Waals surface area (Å²) in [6.07, 6.45) is 6.02. The van der Waals surface area contributed by atoms with E-state index in [2.05, 4.69) is 0 Å². The minimum Gasteiger partial charge on any atom is -0.294 e. The average Bonchev–Trinajstić information content (AvgIpc) is 2.71. The molecule has 3 nitrogen and oxygen atoms in total. The fourth-order valence-corrected chi connectivity index (χ4v) is 4.90. The summed E-state index contributed by atoms with van der Waals surface area (Å²) in [6.45, 7) is 0. The minimum absolute atomic E-state index is 0.0123. The summed E-state index contributed by atoms with van der Waals surface area (Å²) in [5.74, 6) is -0.0669. The highest BCUT2D eigenvalue weighted by Crippen LogP contribution is 2.49. The monoisotopic (exact) mass is 210 g/mol. The summed E-state index contributed by atoms with van der Waals surface area (Å²) in [5, 5.41) is 0.625. The number of hydrogen-bond acceptors (Lipinski definition) is 3. The summed E-state index contributed by atoms with van der Waals surface area (Å²) >= 11 is 0. The van der Waals surface area contributed by atoms with Gasteiger partial charge >= 0.3 is 0 Å². The smallest absolute Gasteiger partial charge is 0.175 e. The van der Waals surface area contributed by atoms with Crippen LogP contribution >= 0.6 is 0 Å². The van der Waals surface area contributed by atoms with Crippen LogP contribution in [0.4, 0.5) is 0 Å². The second-order valence-electron chi connectivity index (χ2n) is 4.23. The molecule has 0 spiro atoms. The number of rotatable bonds is 0. The predicted molar refractivity (Wildman–Crippen MR) is 51.1 cm³/mol. The van der Waals surface area contributed by atoms with Crippen molar-refractivity contribution in [3.8, 4) is 0 Å². The van der Waals surface area contributed by atoms with Crippen molar-refractivity contribution < 1.29 is 13.2 Å². The quantitative estimate of drug-likeness (QED) is 0.553. The maximum absolute atomic E-state index is 11.7. The van der Waals surface area contributed by atoms with Crippen molar-refractivity contribution in [2.24, 2.45) is 17.8 Å². The SMILES string of the molecule is O=C1C=CS(=O)(=O)[C@@H]2[C@@H]1[C@H]1C=C[C@H]2C1. The van der Waals surface area contributed by atoms with Gasteiger partial charge < -0.3 is 0 Å². The van der Waals surface area contributed by atoms with Gasteiger partial charge in [0.25, 0.3) is 0 Å². The first-order valence-corrected chi connectivity index (χ1v) is 6.35. The molecule has 0 aromatic heterocycles. The highest BCUT2D eigenvalue weighted by Gasteiger charge is 2.54. The molecular weight excluding hydrogens is 200 g/mol. The van der Waals surface area contributed by atoms with Crippen molar-refractivity contribution in [2.45, 2.75) is 11.7 Å². The molecule has 74 valence electrons. The third-order valence-corrected chi connectivity index (χ3v) is 5.43. The van der Waals surface area contributed by atoms with E-state index in [0.717, 1.165) is 11.8 Å². The first-order chi connectivity index (χ1) is 6.59. The predicted octanol–water partition coefficient (Wildman–Crippen LogP) is 0.688. The van der Waals surface area contributed by atoms with E-state index in [-0.39, 0.29) is 23.5 Å². The van der Waals surface area contributed by atoms with Crippen LogP contribution < -0.4 is 0 Å². The van der Waals surface area contributed by atoms with Crippen LogP contribution in [0.15, 0.2) is 23.6 Å². The summed E-state index contributed by atoms with van der Waals surface area (Å²) in [6, 6.07) is 0. The molecule has 0 unspecified atom stereocenters. The number of sulfone groups is 1. The van der Waals surface area contributed by atoms with E-state index in [1.807, 2.05) is 12.2 Å². The van der Waals surface area contributed by atoms with Crippen LogP contribution in [0.1, 0.15) is 6.42 Å². The topological polar surface area (TPSA) is 51.2 Å². The molecule has 2 aliphatic carbocycles. The van der Waals surface area contributed by atoms with Crippen LogP contribution in [-0.2, 0) is 14.6 Å². The molecule has 1 saturated carbocycles. The van der Waals surface area contributed by atoms with Gasteiger partial charge in [0.15, 0.2) is 15.6 Å². The molecule has 2 bridgehead atoms. The number of hydrogen-bond donors (Lipinski definition) is 0. The summed E-state index contributed by atoms with van der Waals surface area (Å²) in [7, 11) is -3.18. The highest BCUT2D eigenvalue weighted by molar-refractivity contribution is 7.95. The largest absolute Gasteiger partial charge is 0.294 e. The average molecular weight is 210 g/mol. The summed E-state index contributed by atoms with van der Waals surface area (Å²) < 4.78 is 23.5. The number of carbonyl (C=O) groups excluding carboxylic acids is 1. The number of fused-ring (bicyclic) bond motifs is 5. The Morgan fingerprint density at radius 1 is 1.21 bits per heavy atom. The van der Waals surface area contributed by atoms with Crippen molar-refractivity contribution in [2.75, 3.05) is 0 Å². The lowest BCUT2D eigenvalue weighted by atomic mass is 9.89. The van der Waals surface area contributed by atoms with Crippen LogP contribution in [0.25, 0.3) is 0 Å². The van der Waals surface area contributed by atoms with E-state index < -0.39 is 15.1 Å². The van der Waals surface area contributed by atoms with Crippen LogP contribution in [0.5, 0.6) is 0 Å². The van der Waals surface area contributed by atoms with Crippen LogP contribution in [0.2, 0.25) is 0 Å². The molecular formula is C10H10O3S. The fraction of sp³-hybridized carbons (Fsp3) is 0.500. The Kier molecular flexibility index (Phi) is 1.42. The first kappa shape index (κ1) is 8.41. The maximum Gasteiger partial charge on any atom is 0.175 e. The zero-order valence-electron chi connectivity index (χ0n) is 7.46. The molecule has 0 aromatic rings. The van der Waals surface area contributed by atoms with Gasteiger partial charge in [0.05, 0.1) is 5.25 Å². The van der Waals surface area contributed by atoms with Gasteiger partial charge in [0.2, 0.25) is 0 Å². The molecule has 4 heteroatoms. The summed E-state index contributed by atoms with van der Waals surface area (Å²) in [5.41, 5.74) is 0. The third kappa shape index (κ3) is 0.869. The van der Waals surface area contributed by atoms with Gasteiger partial charge in [-0.05, 0) is 24.3 Å². The Bertz CT molecular complexity index is 458. The molecule has 4 atom stereocenters. The number of ketones is 1. The van der Waals surface area contributed by atoms with Crippen molar-refractivity contribution in [3.63, 3.8) is 0 Å². The summed E-state index contributed by atoms with van der Waals surface area (Å²) in [4.78, 5) is 11.6. The molecule has 1 fully saturated rings. The van der Waals surface area contributed by atoms with Crippen molar-refractivity contribution >= 4 is 15.6 Å². The Labute approximate surface area is 82.4 Å². The van der Waals surface area contributed by atoms with E-state index in [1.165, 1.54) is 6.08 Å². The van der Waals surface area contributed by atoms with Gasteiger partial charge in [-0.1, -0.05) is 12.2 Å². The lowest BCUT2D eigenvalue weighted by Crippen LogP contribution is -2.39. The molecule has 0 amide bonds. The van der Waals surface area contributed by atoms with Crippen LogP contribution in [0, 0.1) is 17.8 Å². The van der Waals surface area contributed by atoms with E-state index >= 15 is 0 Å². The number of allylic oxidation sites excluding steroid dienone is 3. The van der Waals surface area contributed by atoms with E-state index in [9.17, 15) is 13.2 Å². The van der Waals surface area contributed by atoms with E-state index in [0.29, 0.717) is 0 Å². The van der Waals surface area contributed by atoms with Gasteiger partial charge in [0.1, 0.15) is 0 Å². The lowest BCUT2D eigenvalue weighted by Gasteiger charge is -2.27. The Hall–Kier alpha value is -0.900. The fourth-order valence-electron chi connectivity index (χ4n) is 2.96. The van der Waals surface area contributed by atoms with Crippen molar-refractivity contribution in [3.05, 3.63) is 23.6 Å². The molecule has 0 saturated heterocycles. The van der Waals surface area contributed by atoms with Crippen molar-refractivity contribution in [1.82, 2.24) is 0 Å². The normalized spacial score (nSPS) is 47.0. The Morgan fingerprint density at radius 3 is 2.64 bits per heavy atom. The zero-order valence-corrected chi connectivity index (χ0v) is 8.28. The second kappa shape index (κ2) is 2.37. The second-order valence-corrected chi connectivity index (χ2v) is 6.23. The molecule has 0 aromatic carbocycles. The molecule has 14 heavy (non-hydrogen) atoms. The molecule has 1 heterocycles. The Morgan fingerprint density at radius 2 is 1.93 bits per heavy atom. The van der Waals surface area contributed by atoms with Crippen molar-refractivity contribution in [1.29, 1.82) is 0 Å². The van der Waals surface area contributed by atoms with E-state index in [4.69, 9.17) is 0 Å². The molecule has 3 aliphatic rings. The minimum atomic E-state index is -3.18. The van der Waals surface area contributed by atoms with Gasteiger partial charge in [-0.15, -0.1) is 0 Å². The van der Waals surface area contributed by atoms with Crippen LogP contribution in [0.3, 0.4) is 0 Å². The maximum atomic E-state index is 11.7. The molecule has 0 radical (unpaired) electrons. The van der Waals surface area contributed by atoms with Gasteiger partial charge in [-0.3, -0.25) is 4.79 Å². The first-order valence-electron chi connectivity index (χ1n) is 4.74. The zero-order chi connectivity index (χ0) is 9.92. The molecule has 1 aliphatic heterocycles. The van der Waals surface area contributed by atoms with Gasteiger partial charge in [0, 0.05) is 11.3 Å². The lowest BCUT2D eigenvalue weighted by molar-refractivity contribution is -0.118.